The topological polar surface area (TPSA) is 12.9 Å². The van der Waals surface area contributed by atoms with Crippen molar-refractivity contribution < 1.29 is 17.6 Å². The third kappa shape index (κ3) is 2.67. The maximum absolute atomic E-state index is 13.2. The van der Waals surface area contributed by atoms with Crippen molar-refractivity contribution in [3.05, 3.63) is 53.6 Å². The van der Waals surface area contributed by atoms with Gasteiger partial charge in [-0.25, -0.2) is 4.39 Å². The van der Waals surface area contributed by atoms with E-state index in [1.807, 2.05) is 0 Å². The van der Waals surface area contributed by atoms with E-state index in [0.29, 0.717) is 16.7 Å². The quantitative estimate of drug-likeness (QED) is 0.695. The maximum atomic E-state index is 13.2. The average molecular weight is 255 g/mol. The minimum absolute atomic E-state index is 0.426. The predicted molar refractivity (Wildman–Crippen MR) is 59.4 cm³/mol. The third-order valence-corrected chi connectivity index (χ3v) is 2.43. The minimum Gasteiger partial charge on any atom is -0.251 e. The Hall–Kier alpha value is -1.91. The zero-order valence-corrected chi connectivity index (χ0v) is 9.42. The van der Waals surface area contributed by atoms with Crippen molar-refractivity contribution in [1.29, 1.82) is 0 Å². The number of benzene rings is 1. The number of hydrogen-bond donors (Lipinski definition) is 0. The van der Waals surface area contributed by atoms with Crippen molar-refractivity contribution in [2.75, 3.05) is 0 Å². The van der Waals surface area contributed by atoms with E-state index < -0.39 is 17.7 Å². The summed E-state index contributed by atoms with van der Waals surface area (Å²) in [6.45, 7) is 1.71. The highest BCUT2D eigenvalue weighted by Crippen LogP contribution is 2.29. The summed E-state index contributed by atoms with van der Waals surface area (Å²) in [7, 11) is 0. The lowest BCUT2D eigenvalue weighted by Gasteiger charge is -2.07. The summed E-state index contributed by atoms with van der Waals surface area (Å²) in [5.74, 6) is -0.426. The van der Waals surface area contributed by atoms with Crippen molar-refractivity contribution >= 4 is 0 Å². The Labute approximate surface area is 101 Å². The Bertz CT molecular complexity index is 538. The SMILES string of the molecule is Cc1cc(F)cc(-c2ccc(C(F)(F)F)nc2)c1. The lowest BCUT2D eigenvalue weighted by atomic mass is 10.0. The lowest BCUT2D eigenvalue weighted by Crippen LogP contribution is -2.07. The number of aromatic nitrogens is 1. The summed E-state index contributed by atoms with van der Waals surface area (Å²) in [5.41, 5.74) is 0.698. The van der Waals surface area contributed by atoms with Crippen LogP contribution in [-0.2, 0) is 6.18 Å². The van der Waals surface area contributed by atoms with Crippen LogP contribution in [0, 0.1) is 12.7 Å². The molecule has 0 saturated carbocycles. The minimum atomic E-state index is -4.46. The molecule has 0 aliphatic heterocycles. The van der Waals surface area contributed by atoms with E-state index in [0.717, 1.165) is 12.3 Å². The van der Waals surface area contributed by atoms with Crippen molar-refractivity contribution in [1.82, 2.24) is 4.98 Å². The van der Waals surface area contributed by atoms with E-state index in [1.165, 1.54) is 18.2 Å². The Morgan fingerprint density at radius 2 is 1.72 bits per heavy atom. The summed E-state index contributed by atoms with van der Waals surface area (Å²) < 4.78 is 50.2. The highest BCUT2D eigenvalue weighted by atomic mass is 19.4. The fourth-order valence-corrected chi connectivity index (χ4v) is 1.64. The van der Waals surface area contributed by atoms with Gasteiger partial charge in [-0.2, -0.15) is 13.2 Å². The van der Waals surface area contributed by atoms with Gasteiger partial charge in [0.25, 0.3) is 0 Å². The molecule has 1 nitrogen and oxygen atoms in total. The lowest BCUT2D eigenvalue weighted by molar-refractivity contribution is -0.141. The van der Waals surface area contributed by atoms with Crippen LogP contribution in [0.1, 0.15) is 11.3 Å². The number of hydrogen-bond acceptors (Lipinski definition) is 1. The summed E-state index contributed by atoms with van der Waals surface area (Å²) in [6, 6.07) is 6.46. The Morgan fingerprint density at radius 1 is 1.00 bits per heavy atom. The summed E-state index contributed by atoms with van der Waals surface area (Å²) >= 11 is 0. The van der Waals surface area contributed by atoms with Gasteiger partial charge in [0.05, 0.1) is 0 Å². The third-order valence-electron chi connectivity index (χ3n) is 2.43. The summed E-state index contributed by atoms with van der Waals surface area (Å²) in [4.78, 5) is 3.34. The maximum Gasteiger partial charge on any atom is 0.433 e. The molecule has 1 heterocycles. The molecule has 2 aromatic rings. The van der Waals surface area contributed by atoms with Gasteiger partial charge in [-0.1, -0.05) is 12.1 Å². The van der Waals surface area contributed by atoms with E-state index in [2.05, 4.69) is 4.98 Å². The Kier molecular flexibility index (Phi) is 3.07. The first-order chi connectivity index (χ1) is 8.36. The van der Waals surface area contributed by atoms with Crippen molar-refractivity contribution in [3.8, 4) is 11.1 Å². The molecule has 5 heteroatoms. The normalized spacial score (nSPS) is 11.6. The molecule has 0 spiro atoms. The molecule has 0 aliphatic carbocycles. The molecule has 0 radical (unpaired) electrons. The van der Waals surface area contributed by atoms with Crippen LogP contribution in [0.5, 0.6) is 0 Å². The number of alkyl halides is 3. The standard InChI is InChI=1S/C13H9F4N/c1-8-4-10(6-11(14)5-8)9-2-3-12(18-7-9)13(15,16)17/h2-7H,1H3. The van der Waals surface area contributed by atoms with Gasteiger partial charge in [0.15, 0.2) is 0 Å². The number of halogens is 4. The average Bonchev–Trinajstić information content (AvgIpc) is 2.27. The Balaban J connectivity index is 2.40. The largest absolute Gasteiger partial charge is 0.433 e. The van der Waals surface area contributed by atoms with Crippen LogP contribution in [0.2, 0.25) is 0 Å². The predicted octanol–water partition coefficient (Wildman–Crippen LogP) is 4.21. The van der Waals surface area contributed by atoms with Crippen molar-refractivity contribution in [3.63, 3.8) is 0 Å². The summed E-state index contributed by atoms with van der Waals surface area (Å²) in [6.07, 6.45) is -3.37. The molecule has 0 amide bonds. The molecule has 0 aliphatic rings. The molecule has 0 unspecified atom stereocenters. The van der Waals surface area contributed by atoms with Gasteiger partial charge in [-0.3, -0.25) is 4.98 Å². The first kappa shape index (κ1) is 12.5. The van der Waals surface area contributed by atoms with Crippen LogP contribution < -0.4 is 0 Å². The van der Waals surface area contributed by atoms with Gasteiger partial charge < -0.3 is 0 Å². The van der Waals surface area contributed by atoms with E-state index in [1.54, 1.807) is 13.0 Å². The first-order valence-electron chi connectivity index (χ1n) is 5.17. The number of aryl methyl sites for hydroxylation is 1. The van der Waals surface area contributed by atoms with E-state index in [4.69, 9.17) is 0 Å². The number of pyridine rings is 1. The monoisotopic (exact) mass is 255 g/mol. The Morgan fingerprint density at radius 3 is 2.22 bits per heavy atom. The van der Waals surface area contributed by atoms with Gasteiger partial charge in [-0.05, 0) is 36.2 Å². The van der Waals surface area contributed by atoms with Gasteiger partial charge in [-0.15, -0.1) is 0 Å². The van der Waals surface area contributed by atoms with Crippen LogP contribution in [0.25, 0.3) is 11.1 Å². The van der Waals surface area contributed by atoms with Crippen LogP contribution in [0.3, 0.4) is 0 Å². The first-order valence-corrected chi connectivity index (χ1v) is 5.17. The van der Waals surface area contributed by atoms with Crippen LogP contribution in [-0.4, -0.2) is 4.98 Å². The molecule has 2 rings (SSSR count). The van der Waals surface area contributed by atoms with Crippen LogP contribution in [0.4, 0.5) is 17.6 Å². The number of rotatable bonds is 1. The molecule has 18 heavy (non-hydrogen) atoms. The zero-order valence-electron chi connectivity index (χ0n) is 9.42. The van der Waals surface area contributed by atoms with Gasteiger partial charge in [0.1, 0.15) is 11.5 Å². The fourth-order valence-electron chi connectivity index (χ4n) is 1.64. The second kappa shape index (κ2) is 4.40. The van der Waals surface area contributed by atoms with Crippen LogP contribution >= 0.6 is 0 Å². The second-order valence-electron chi connectivity index (χ2n) is 3.95. The van der Waals surface area contributed by atoms with Crippen LogP contribution in [0.15, 0.2) is 36.5 Å². The molecular weight excluding hydrogens is 246 g/mol. The zero-order chi connectivity index (χ0) is 13.3. The van der Waals surface area contributed by atoms with Gasteiger partial charge >= 0.3 is 6.18 Å². The van der Waals surface area contributed by atoms with Gasteiger partial charge in [0.2, 0.25) is 0 Å². The molecule has 0 atom stereocenters. The number of nitrogens with zero attached hydrogens (tertiary/aromatic N) is 1. The van der Waals surface area contributed by atoms with E-state index in [9.17, 15) is 17.6 Å². The molecule has 0 fully saturated rings. The molecule has 94 valence electrons. The molecule has 1 aromatic carbocycles. The van der Waals surface area contributed by atoms with Crippen molar-refractivity contribution in [2.45, 2.75) is 13.1 Å². The molecular formula is C13H9F4N. The summed E-state index contributed by atoms with van der Waals surface area (Å²) in [5, 5.41) is 0. The smallest absolute Gasteiger partial charge is 0.251 e. The highest BCUT2D eigenvalue weighted by molar-refractivity contribution is 5.63. The molecule has 1 aromatic heterocycles. The van der Waals surface area contributed by atoms with E-state index in [-0.39, 0.29) is 0 Å². The van der Waals surface area contributed by atoms with Crippen molar-refractivity contribution in [2.24, 2.45) is 0 Å². The highest BCUT2D eigenvalue weighted by Gasteiger charge is 2.32. The van der Waals surface area contributed by atoms with E-state index >= 15 is 0 Å². The van der Waals surface area contributed by atoms with Gasteiger partial charge in [0, 0.05) is 11.8 Å². The molecule has 0 bridgehead atoms. The fraction of sp³-hybridized carbons (Fsp3) is 0.154. The molecule has 0 saturated heterocycles. The molecule has 0 N–H and O–H groups in total. The second-order valence-corrected chi connectivity index (χ2v) is 3.95.